The lowest BCUT2D eigenvalue weighted by Crippen LogP contribution is -2.54. The highest BCUT2D eigenvalue weighted by Gasteiger charge is 2.34. The minimum absolute atomic E-state index is 0.00410. The third-order valence-corrected chi connectivity index (χ3v) is 4.58. The molecular formula is C20H29F3N4O4. The van der Waals surface area contributed by atoms with Gasteiger partial charge in [0, 0.05) is 32.0 Å². The summed E-state index contributed by atoms with van der Waals surface area (Å²) < 4.78 is 48.5. The van der Waals surface area contributed by atoms with Crippen LogP contribution >= 0.6 is 0 Å². The van der Waals surface area contributed by atoms with Crippen LogP contribution in [0, 0.1) is 5.92 Å². The molecule has 0 spiro atoms. The van der Waals surface area contributed by atoms with Crippen molar-refractivity contribution in [1.82, 2.24) is 20.4 Å². The van der Waals surface area contributed by atoms with Crippen LogP contribution in [0.15, 0.2) is 12.1 Å². The van der Waals surface area contributed by atoms with Crippen LogP contribution in [0.3, 0.4) is 0 Å². The number of carbonyl (C=O) groups is 2. The van der Waals surface area contributed by atoms with Gasteiger partial charge in [-0.1, -0.05) is 13.8 Å². The number of hydrogen-bond acceptors (Lipinski definition) is 6. The number of aromatic nitrogens is 2. The first kappa shape index (κ1) is 24.7. The first-order valence-electron chi connectivity index (χ1n) is 10.1. The third-order valence-electron chi connectivity index (χ3n) is 4.58. The molecule has 1 N–H and O–H groups in total. The Bertz CT molecular complexity index is 755. The summed E-state index contributed by atoms with van der Waals surface area (Å²) in [6, 6.07) is 1.22. The molecule has 2 rings (SSSR count). The van der Waals surface area contributed by atoms with Crippen LogP contribution in [0.1, 0.15) is 53.2 Å². The fourth-order valence-corrected chi connectivity index (χ4v) is 3.04. The molecule has 0 unspecified atom stereocenters. The number of amides is 2. The lowest BCUT2D eigenvalue weighted by Gasteiger charge is -2.35. The normalized spacial score (nSPS) is 16.7. The number of nitrogens with zero attached hydrogens (tertiary/aromatic N) is 3. The van der Waals surface area contributed by atoms with Crippen molar-refractivity contribution in [3.8, 4) is 5.88 Å². The van der Waals surface area contributed by atoms with Gasteiger partial charge in [-0.15, -0.1) is 10.2 Å². The number of alkyl carbamates (subject to hydrolysis) is 1. The number of ether oxygens (including phenoxy) is 2. The fourth-order valence-electron chi connectivity index (χ4n) is 3.04. The number of alkyl halides is 3. The van der Waals surface area contributed by atoms with E-state index in [9.17, 15) is 22.8 Å². The van der Waals surface area contributed by atoms with Crippen molar-refractivity contribution in [2.45, 2.75) is 71.4 Å². The minimum Gasteiger partial charge on any atom is -0.473 e. The van der Waals surface area contributed by atoms with E-state index in [0.717, 1.165) is 12.1 Å². The summed E-state index contributed by atoms with van der Waals surface area (Å²) in [5.74, 6) is -0.352. The van der Waals surface area contributed by atoms with Gasteiger partial charge in [0.2, 0.25) is 11.8 Å². The molecule has 1 aromatic rings. The van der Waals surface area contributed by atoms with Crippen molar-refractivity contribution < 1.29 is 32.2 Å². The monoisotopic (exact) mass is 446 g/mol. The van der Waals surface area contributed by atoms with E-state index in [1.807, 2.05) is 13.8 Å². The summed E-state index contributed by atoms with van der Waals surface area (Å²) in [4.78, 5) is 26.7. The van der Waals surface area contributed by atoms with E-state index in [1.54, 1.807) is 25.7 Å². The third kappa shape index (κ3) is 7.55. The Hall–Kier alpha value is -2.59. The van der Waals surface area contributed by atoms with Gasteiger partial charge in [-0.05, 0) is 32.8 Å². The van der Waals surface area contributed by atoms with Crippen molar-refractivity contribution in [1.29, 1.82) is 0 Å². The highest BCUT2D eigenvalue weighted by Crippen LogP contribution is 2.28. The number of hydrogen-bond donors (Lipinski definition) is 1. The Morgan fingerprint density at radius 2 is 1.74 bits per heavy atom. The van der Waals surface area contributed by atoms with Gasteiger partial charge in [0.05, 0.1) is 0 Å². The van der Waals surface area contributed by atoms with E-state index in [2.05, 4.69) is 15.5 Å². The first-order chi connectivity index (χ1) is 14.3. The molecule has 1 fully saturated rings. The summed E-state index contributed by atoms with van der Waals surface area (Å²) in [5.41, 5.74) is -1.76. The number of nitrogens with one attached hydrogen (secondary N) is 1. The van der Waals surface area contributed by atoms with Gasteiger partial charge >= 0.3 is 12.3 Å². The Morgan fingerprint density at radius 1 is 1.13 bits per heavy atom. The molecule has 174 valence electrons. The molecule has 1 aliphatic rings. The van der Waals surface area contributed by atoms with Gasteiger partial charge < -0.3 is 19.7 Å². The maximum absolute atomic E-state index is 12.9. The highest BCUT2D eigenvalue weighted by atomic mass is 19.4. The van der Waals surface area contributed by atoms with Crippen LogP contribution in [0.25, 0.3) is 0 Å². The van der Waals surface area contributed by atoms with Crippen molar-refractivity contribution in [3.05, 3.63) is 17.8 Å². The minimum atomic E-state index is -4.56. The zero-order chi connectivity index (χ0) is 23.4. The van der Waals surface area contributed by atoms with Crippen LogP contribution in [-0.2, 0) is 15.7 Å². The van der Waals surface area contributed by atoms with Gasteiger partial charge in [0.15, 0.2) is 5.69 Å². The number of likely N-dealkylation sites (tertiary alicyclic amines) is 1. The van der Waals surface area contributed by atoms with Crippen LogP contribution < -0.4 is 10.1 Å². The second-order valence-electron chi connectivity index (χ2n) is 8.76. The largest absolute Gasteiger partial charge is 0.473 e. The van der Waals surface area contributed by atoms with Crippen molar-refractivity contribution in [2.24, 2.45) is 5.92 Å². The molecule has 1 aromatic heterocycles. The molecule has 11 heteroatoms. The quantitative estimate of drug-likeness (QED) is 0.745. The summed E-state index contributed by atoms with van der Waals surface area (Å²) in [6.45, 7) is 9.66. The topological polar surface area (TPSA) is 93.7 Å². The molecule has 2 amide bonds. The molecule has 1 aliphatic heterocycles. The van der Waals surface area contributed by atoms with E-state index < -0.39 is 29.6 Å². The molecule has 0 aromatic carbocycles. The Kier molecular flexibility index (Phi) is 7.72. The van der Waals surface area contributed by atoms with Crippen LogP contribution in [0.2, 0.25) is 0 Å². The summed E-state index contributed by atoms with van der Waals surface area (Å²) in [5, 5.41) is 9.25. The lowest BCUT2D eigenvalue weighted by molar-refractivity contribution is -0.141. The maximum Gasteiger partial charge on any atom is 0.435 e. The Balaban J connectivity index is 1.90. The summed E-state index contributed by atoms with van der Waals surface area (Å²) >= 11 is 0. The van der Waals surface area contributed by atoms with Crippen LogP contribution in [0.4, 0.5) is 18.0 Å². The molecule has 31 heavy (non-hydrogen) atoms. The molecule has 1 saturated heterocycles. The fraction of sp³-hybridized carbons (Fsp3) is 0.700. The van der Waals surface area contributed by atoms with E-state index in [0.29, 0.717) is 25.9 Å². The molecule has 0 saturated carbocycles. The van der Waals surface area contributed by atoms with E-state index in [4.69, 9.17) is 9.47 Å². The maximum atomic E-state index is 12.9. The average molecular weight is 446 g/mol. The van der Waals surface area contributed by atoms with Crippen LogP contribution in [-0.4, -0.2) is 57.9 Å². The summed E-state index contributed by atoms with van der Waals surface area (Å²) in [7, 11) is 0. The molecular weight excluding hydrogens is 417 g/mol. The van der Waals surface area contributed by atoms with E-state index in [1.165, 1.54) is 0 Å². The second kappa shape index (κ2) is 9.69. The Labute approximate surface area is 179 Å². The van der Waals surface area contributed by atoms with Crippen molar-refractivity contribution in [3.63, 3.8) is 0 Å². The molecule has 2 heterocycles. The zero-order valence-corrected chi connectivity index (χ0v) is 18.3. The van der Waals surface area contributed by atoms with Gasteiger partial charge in [0.1, 0.15) is 17.7 Å². The number of rotatable bonds is 5. The standard InChI is InChI=1S/C20H29F3N4O4/c1-12(2)16(24-18(29)31-19(3,4)5)17(28)27-10-8-13(9-11-27)30-15-7-6-14(25-26-15)20(21,22)23/h6-7,12-13,16H,8-11H2,1-5H3,(H,24,29)/t16-/m0/s1. The number of carbonyl (C=O) groups excluding carboxylic acids is 2. The van der Waals surface area contributed by atoms with Gasteiger partial charge in [-0.25, -0.2) is 4.79 Å². The molecule has 0 radical (unpaired) electrons. The molecule has 0 bridgehead atoms. The number of halogens is 3. The zero-order valence-electron chi connectivity index (χ0n) is 18.3. The second-order valence-corrected chi connectivity index (χ2v) is 8.76. The van der Waals surface area contributed by atoms with Gasteiger partial charge in [-0.3, -0.25) is 4.79 Å². The average Bonchev–Trinajstić information content (AvgIpc) is 2.64. The summed E-state index contributed by atoms with van der Waals surface area (Å²) in [6.07, 6.45) is -4.56. The first-order valence-corrected chi connectivity index (χ1v) is 10.1. The number of piperidine rings is 1. The molecule has 0 aliphatic carbocycles. The van der Waals surface area contributed by atoms with E-state index in [-0.39, 0.29) is 23.8 Å². The highest BCUT2D eigenvalue weighted by molar-refractivity contribution is 5.86. The predicted molar refractivity (Wildman–Crippen MR) is 105 cm³/mol. The van der Waals surface area contributed by atoms with Crippen molar-refractivity contribution in [2.75, 3.05) is 13.1 Å². The smallest absolute Gasteiger partial charge is 0.435 e. The molecule has 8 nitrogen and oxygen atoms in total. The van der Waals surface area contributed by atoms with Gasteiger partial charge in [0.25, 0.3) is 0 Å². The van der Waals surface area contributed by atoms with Crippen LogP contribution in [0.5, 0.6) is 5.88 Å². The SMILES string of the molecule is CC(C)[C@H](NC(=O)OC(C)(C)C)C(=O)N1CCC(Oc2ccc(C(F)(F)F)nn2)CC1. The Morgan fingerprint density at radius 3 is 2.19 bits per heavy atom. The predicted octanol–water partition coefficient (Wildman–Crippen LogP) is 3.41. The lowest BCUT2D eigenvalue weighted by atomic mass is 10.0. The van der Waals surface area contributed by atoms with E-state index >= 15 is 0 Å². The van der Waals surface area contributed by atoms with Crippen molar-refractivity contribution >= 4 is 12.0 Å². The van der Waals surface area contributed by atoms with Gasteiger partial charge in [-0.2, -0.15) is 13.2 Å². The molecule has 1 atom stereocenters.